The Morgan fingerprint density at radius 2 is 1.79 bits per heavy atom. The van der Waals surface area contributed by atoms with Crippen LogP contribution in [0.5, 0.6) is 5.75 Å². The molecule has 2 aromatic heterocycles. The number of ether oxygens (including phenoxy) is 1. The maximum Gasteiger partial charge on any atom is 0.387 e. The molecule has 0 aliphatic heterocycles. The van der Waals surface area contributed by atoms with Gasteiger partial charge in [0.1, 0.15) is 5.75 Å². The molecule has 1 N–H and O–H groups in total. The maximum atomic E-state index is 13.0. The Hall–Kier alpha value is -4.14. The summed E-state index contributed by atoms with van der Waals surface area (Å²) in [7, 11) is 0. The van der Waals surface area contributed by atoms with Crippen molar-refractivity contribution >= 4 is 22.7 Å². The predicted octanol–water partition coefficient (Wildman–Crippen LogP) is 4.79. The first-order valence-corrected chi connectivity index (χ1v) is 10.2. The lowest BCUT2D eigenvalue weighted by Gasteiger charge is -2.08. The number of para-hydroxylation sites is 1. The third-order valence-electron chi connectivity index (χ3n) is 5.01. The van der Waals surface area contributed by atoms with Crippen molar-refractivity contribution in [2.45, 2.75) is 27.4 Å². The predicted molar refractivity (Wildman–Crippen MR) is 121 cm³/mol. The maximum absolute atomic E-state index is 13.0. The second-order valence-corrected chi connectivity index (χ2v) is 7.38. The van der Waals surface area contributed by atoms with Gasteiger partial charge in [-0.05, 0) is 68.8 Å². The van der Waals surface area contributed by atoms with Crippen molar-refractivity contribution in [1.82, 2.24) is 20.2 Å². The molecule has 1 amide bonds. The molecular formula is C24H21F2N5O2. The molecule has 0 spiro atoms. The zero-order valence-electron chi connectivity index (χ0n) is 18.2. The van der Waals surface area contributed by atoms with Gasteiger partial charge in [-0.2, -0.15) is 19.0 Å². The van der Waals surface area contributed by atoms with Crippen molar-refractivity contribution < 1.29 is 18.3 Å². The van der Waals surface area contributed by atoms with E-state index >= 15 is 0 Å². The number of carbonyl (C=O) groups excluding carboxylic acids is 1. The zero-order chi connectivity index (χ0) is 23.5. The van der Waals surface area contributed by atoms with E-state index in [0.29, 0.717) is 39.3 Å². The summed E-state index contributed by atoms with van der Waals surface area (Å²) in [6, 6.07) is 17.3. The number of halogens is 2. The van der Waals surface area contributed by atoms with E-state index in [-0.39, 0.29) is 5.75 Å². The summed E-state index contributed by atoms with van der Waals surface area (Å²) in [4.78, 5) is 17.6. The fourth-order valence-electron chi connectivity index (χ4n) is 3.48. The van der Waals surface area contributed by atoms with Crippen LogP contribution in [0.1, 0.15) is 34.2 Å². The summed E-state index contributed by atoms with van der Waals surface area (Å²) in [6.07, 6.45) is 0. The molecule has 0 bridgehead atoms. The minimum absolute atomic E-state index is 0.0474. The van der Waals surface area contributed by atoms with E-state index in [4.69, 9.17) is 0 Å². The van der Waals surface area contributed by atoms with Gasteiger partial charge in [-0.25, -0.2) is 15.1 Å². The largest absolute Gasteiger partial charge is 0.435 e. The molecule has 0 unspecified atom stereocenters. The van der Waals surface area contributed by atoms with Crippen LogP contribution in [0.3, 0.4) is 0 Å². The molecule has 9 heteroatoms. The highest BCUT2D eigenvalue weighted by Gasteiger charge is 2.19. The van der Waals surface area contributed by atoms with Gasteiger partial charge in [-0.1, -0.05) is 18.2 Å². The molecule has 0 atom stereocenters. The number of pyridine rings is 1. The Kier molecular flexibility index (Phi) is 6.12. The SMILES string of the molecule is C/C(=N\NC(=O)c1cc(C)nc2c1c(C)nn2-c1ccccc1)c1ccc(OC(F)F)cc1. The second-order valence-electron chi connectivity index (χ2n) is 7.38. The molecule has 2 heterocycles. The monoisotopic (exact) mass is 449 g/mol. The summed E-state index contributed by atoms with van der Waals surface area (Å²) in [5.74, 6) is -0.357. The molecule has 2 aromatic carbocycles. The van der Waals surface area contributed by atoms with Crippen molar-refractivity contribution in [2.75, 3.05) is 0 Å². The lowest BCUT2D eigenvalue weighted by Crippen LogP contribution is -2.20. The van der Waals surface area contributed by atoms with Crippen molar-refractivity contribution in [3.05, 3.63) is 83.2 Å². The standard InChI is InChI=1S/C24H21F2N5O2/c1-14-13-20(21-16(3)30-31(22(21)27-14)18-7-5-4-6-8-18)23(32)29-28-15(2)17-9-11-19(12-10-17)33-24(25)26/h4-13,24H,1-3H3,(H,29,32)/b28-15+. The zero-order valence-corrected chi connectivity index (χ0v) is 18.2. The van der Waals surface area contributed by atoms with E-state index in [9.17, 15) is 13.6 Å². The lowest BCUT2D eigenvalue weighted by atomic mass is 10.1. The van der Waals surface area contributed by atoms with Crippen LogP contribution in [0.4, 0.5) is 8.78 Å². The van der Waals surface area contributed by atoms with Gasteiger partial charge >= 0.3 is 6.61 Å². The minimum atomic E-state index is -2.89. The Morgan fingerprint density at radius 1 is 1.09 bits per heavy atom. The van der Waals surface area contributed by atoms with Crippen molar-refractivity contribution in [3.63, 3.8) is 0 Å². The lowest BCUT2D eigenvalue weighted by molar-refractivity contribution is -0.0498. The quantitative estimate of drug-likeness (QED) is 0.339. The summed E-state index contributed by atoms with van der Waals surface area (Å²) < 4.78 is 30.7. The van der Waals surface area contributed by atoms with Crippen LogP contribution in [-0.4, -0.2) is 33.0 Å². The first-order valence-electron chi connectivity index (χ1n) is 10.2. The second kappa shape index (κ2) is 9.15. The van der Waals surface area contributed by atoms with Crippen molar-refractivity contribution in [1.29, 1.82) is 0 Å². The summed E-state index contributed by atoms with van der Waals surface area (Å²) in [5.41, 5.74) is 6.90. The van der Waals surface area contributed by atoms with Gasteiger partial charge in [0.05, 0.1) is 28.0 Å². The normalized spacial score (nSPS) is 11.8. The number of amides is 1. The number of rotatable bonds is 6. The van der Waals surface area contributed by atoms with Gasteiger partial charge in [0, 0.05) is 5.69 Å². The number of hydrogen-bond donors (Lipinski definition) is 1. The molecule has 4 aromatic rings. The van der Waals surface area contributed by atoms with E-state index in [1.54, 1.807) is 29.8 Å². The number of carbonyl (C=O) groups is 1. The molecule has 7 nitrogen and oxygen atoms in total. The smallest absolute Gasteiger partial charge is 0.387 e. The third kappa shape index (κ3) is 4.72. The fourth-order valence-corrected chi connectivity index (χ4v) is 3.48. The highest BCUT2D eigenvalue weighted by Crippen LogP contribution is 2.25. The average molecular weight is 449 g/mol. The van der Waals surface area contributed by atoms with Crippen LogP contribution in [-0.2, 0) is 0 Å². The number of fused-ring (bicyclic) bond motifs is 1. The number of aryl methyl sites for hydroxylation is 2. The van der Waals surface area contributed by atoms with E-state index in [1.165, 1.54) is 12.1 Å². The van der Waals surface area contributed by atoms with Gasteiger partial charge in [-0.3, -0.25) is 4.79 Å². The van der Waals surface area contributed by atoms with Gasteiger partial charge in [0.2, 0.25) is 0 Å². The first kappa shape index (κ1) is 22.1. The van der Waals surface area contributed by atoms with Crippen LogP contribution in [0.2, 0.25) is 0 Å². The average Bonchev–Trinajstić information content (AvgIpc) is 3.13. The number of hydrazone groups is 1. The molecule has 0 aliphatic rings. The third-order valence-corrected chi connectivity index (χ3v) is 5.01. The highest BCUT2D eigenvalue weighted by atomic mass is 19.3. The summed E-state index contributed by atoms with van der Waals surface area (Å²) >= 11 is 0. The van der Waals surface area contributed by atoms with Crippen LogP contribution in [0.25, 0.3) is 16.7 Å². The van der Waals surface area contributed by atoms with Crippen LogP contribution >= 0.6 is 0 Å². The topological polar surface area (TPSA) is 81.4 Å². The van der Waals surface area contributed by atoms with Gasteiger partial charge in [0.25, 0.3) is 5.91 Å². The van der Waals surface area contributed by atoms with E-state index in [2.05, 4.69) is 25.3 Å². The highest BCUT2D eigenvalue weighted by molar-refractivity contribution is 6.07. The Morgan fingerprint density at radius 3 is 2.45 bits per heavy atom. The Labute approximate surface area is 188 Å². The number of hydrogen-bond acceptors (Lipinski definition) is 5. The molecule has 0 saturated heterocycles. The van der Waals surface area contributed by atoms with Crippen LogP contribution < -0.4 is 10.2 Å². The minimum Gasteiger partial charge on any atom is -0.435 e. The molecular weight excluding hydrogens is 428 g/mol. The number of nitrogens with one attached hydrogen (secondary N) is 1. The number of benzene rings is 2. The van der Waals surface area contributed by atoms with Gasteiger partial charge < -0.3 is 4.74 Å². The summed E-state index contributed by atoms with van der Waals surface area (Å²) in [6.45, 7) is 2.45. The van der Waals surface area contributed by atoms with Crippen molar-refractivity contribution in [3.8, 4) is 11.4 Å². The summed E-state index contributed by atoms with van der Waals surface area (Å²) in [5, 5.41) is 9.40. The molecule has 33 heavy (non-hydrogen) atoms. The molecule has 4 rings (SSSR count). The van der Waals surface area contributed by atoms with Gasteiger partial charge in [0.15, 0.2) is 5.65 Å². The molecule has 0 aliphatic carbocycles. The number of alkyl halides is 2. The molecule has 0 saturated carbocycles. The van der Waals surface area contributed by atoms with Crippen LogP contribution in [0.15, 0.2) is 65.8 Å². The Bertz CT molecular complexity index is 1330. The number of nitrogens with zero attached hydrogens (tertiary/aromatic N) is 4. The van der Waals surface area contributed by atoms with Crippen molar-refractivity contribution in [2.24, 2.45) is 5.10 Å². The van der Waals surface area contributed by atoms with Gasteiger partial charge in [-0.15, -0.1) is 0 Å². The van der Waals surface area contributed by atoms with E-state index in [0.717, 1.165) is 5.69 Å². The van der Waals surface area contributed by atoms with Crippen LogP contribution in [0, 0.1) is 13.8 Å². The van der Waals surface area contributed by atoms with E-state index in [1.807, 2.05) is 44.2 Å². The molecule has 168 valence electrons. The fraction of sp³-hybridized carbons (Fsp3) is 0.167. The Balaban J connectivity index is 1.62. The molecule has 0 fully saturated rings. The molecule has 0 radical (unpaired) electrons. The first-order chi connectivity index (χ1) is 15.8. The van der Waals surface area contributed by atoms with E-state index < -0.39 is 12.5 Å². The number of aromatic nitrogens is 3.